The van der Waals surface area contributed by atoms with E-state index in [1.807, 2.05) is 54.6 Å². The molecule has 0 radical (unpaired) electrons. The fourth-order valence-corrected chi connectivity index (χ4v) is 4.50. The minimum Gasteiger partial charge on any atom is -0.489 e. The summed E-state index contributed by atoms with van der Waals surface area (Å²) in [6.07, 6.45) is -2.94. The van der Waals surface area contributed by atoms with E-state index in [0.717, 1.165) is 35.1 Å². The molecule has 2 aromatic heterocycles. The van der Waals surface area contributed by atoms with Gasteiger partial charge in [0, 0.05) is 5.56 Å². The predicted octanol–water partition coefficient (Wildman–Crippen LogP) is 7.10. The molecule has 5 rings (SSSR count). The first-order valence-electron chi connectivity index (χ1n) is 11.5. The number of alkyl halides is 3. The number of thioether (sulfide) groups is 1. The topological polar surface area (TPSA) is 70.2 Å². The van der Waals surface area contributed by atoms with Crippen LogP contribution in [0.3, 0.4) is 0 Å². The van der Waals surface area contributed by atoms with Crippen LogP contribution in [0.5, 0.6) is 5.75 Å². The number of ketones is 1. The Labute approximate surface area is 220 Å². The quantitative estimate of drug-likeness (QED) is 0.148. The van der Waals surface area contributed by atoms with Crippen molar-refractivity contribution in [3.63, 3.8) is 0 Å². The van der Waals surface area contributed by atoms with Crippen molar-refractivity contribution in [1.82, 2.24) is 14.8 Å². The van der Waals surface area contributed by atoms with E-state index in [1.54, 1.807) is 16.7 Å². The van der Waals surface area contributed by atoms with Crippen LogP contribution in [-0.2, 0) is 12.8 Å². The molecular formula is C28H20F3N3O3S. The van der Waals surface area contributed by atoms with Crippen LogP contribution in [0.4, 0.5) is 13.2 Å². The number of aromatic nitrogens is 3. The third kappa shape index (κ3) is 5.81. The summed E-state index contributed by atoms with van der Waals surface area (Å²) in [6.45, 7) is 0.428. The lowest BCUT2D eigenvalue weighted by Crippen LogP contribution is -2.08. The average molecular weight is 536 g/mol. The zero-order valence-electron chi connectivity index (χ0n) is 19.8. The van der Waals surface area contributed by atoms with Gasteiger partial charge in [0.2, 0.25) is 5.82 Å². The Morgan fingerprint density at radius 3 is 2.29 bits per heavy atom. The Morgan fingerprint density at radius 1 is 0.895 bits per heavy atom. The summed E-state index contributed by atoms with van der Waals surface area (Å²) in [5, 5.41) is 8.92. The van der Waals surface area contributed by atoms with Crippen molar-refractivity contribution in [3.05, 3.63) is 114 Å². The molecule has 0 saturated heterocycles. The van der Waals surface area contributed by atoms with Crippen LogP contribution >= 0.6 is 11.8 Å². The second kappa shape index (κ2) is 11.0. The number of rotatable bonds is 9. The monoisotopic (exact) mass is 535 g/mol. The van der Waals surface area contributed by atoms with Crippen molar-refractivity contribution in [2.45, 2.75) is 17.9 Å². The van der Waals surface area contributed by atoms with Crippen LogP contribution in [-0.4, -0.2) is 26.3 Å². The lowest BCUT2D eigenvalue weighted by molar-refractivity contribution is -0.137. The summed E-state index contributed by atoms with van der Waals surface area (Å²) in [6, 6.07) is 24.8. The molecule has 0 N–H and O–H groups in total. The van der Waals surface area contributed by atoms with E-state index in [4.69, 9.17) is 9.15 Å². The van der Waals surface area contributed by atoms with Crippen LogP contribution < -0.4 is 4.74 Å². The molecule has 0 unspecified atom stereocenters. The Morgan fingerprint density at radius 2 is 1.63 bits per heavy atom. The van der Waals surface area contributed by atoms with Gasteiger partial charge >= 0.3 is 6.18 Å². The standard InChI is InChI=1S/C28H20F3N3O3S/c29-28(30,31)21-10-8-20(9-11-21)24(35)18-38-27-33-32-26(25-7-4-16-36-25)34(27)22-12-14-23(15-13-22)37-17-19-5-2-1-3-6-19/h1-16H,17-18H2. The molecule has 192 valence electrons. The minimum atomic E-state index is -4.46. The Balaban J connectivity index is 1.34. The van der Waals surface area contributed by atoms with Crippen molar-refractivity contribution in [1.29, 1.82) is 0 Å². The van der Waals surface area contributed by atoms with Gasteiger partial charge in [0.1, 0.15) is 12.4 Å². The van der Waals surface area contributed by atoms with E-state index in [1.165, 1.54) is 18.4 Å². The average Bonchev–Trinajstić information content (AvgIpc) is 3.61. The van der Waals surface area contributed by atoms with E-state index in [2.05, 4.69) is 10.2 Å². The third-order valence-corrected chi connectivity index (χ3v) is 6.51. The first-order chi connectivity index (χ1) is 18.4. The molecule has 0 amide bonds. The molecule has 0 aliphatic rings. The van der Waals surface area contributed by atoms with Gasteiger partial charge in [-0.05, 0) is 54.1 Å². The van der Waals surface area contributed by atoms with E-state index in [0.29, 0.717) is 29.1 Å². The molecule has 0 aliphatic carbocycles. The lowest BCUT2D eigenvalue weighted by atomic mass is 10.1. The first kappa shape index (κ1) is 25.3. The number of nitrogens with zero attached hydrogens (tertiary/aromatic N) is 3. The lowest BCUT2D eigenvalue weighted by Gasteiger charge is -2.11. The molecule has 0 saturated carbocycles. The van der Waals surface area contributed by atoms with E-state index < -0.39 is 11.7 Å². The summed E-state index contributed by atoms with van der Waals surface area (Å²) in [5.74, 6) is 1.24. The number of furan rings is 1. The highest BCUT2D eigenvalue weighted by molar-refractivity contribution is 7.99. The summed E-state index contributed by atoms with van der Waals surface area (Å²) < 4.78 is 51.7. The second-order valence-corrected chi connectivity index (χ2v) is 9.12. The van der Waals surface area contributed by atoms with Gasteiger partial charge in [-0.25, -0.2) is 0 Å². The minimum absolute atomic E-state index is 0.0417. The van der Waals surface area contributed by atoms with Gasteiger partial charge in [-0.1, -0.05) is 54.2 Å². The third-order valence-electron chi connectivity index (χ3n) is 5.58. The Hall–Kier alpha value is -4.31. The van der Waals surface area contributed by atoms with Crippen molar-refractivity contribution >= 4 is 17.5 Å². The van der Waals surface area contributed by atoms with Crippen molar-refractivity contribution in [2.24, 2.45) is 0 Å². The first-order valence-corrected chi connectivity index (χ1v) is 12.5. The van der Waals surface area contributed by atoms with Crippen LogP contribution in [0.15, 0.2) is 107 Å². The number of hydrogen-bond acceptors (Lipinski definition) is 6. The molecule has 0 atom stereocenters. The van der Waals surface area contributed by atoms with Gasteiger partial charge in [0.05, 0.1) is 23.3 Å². The molecule has 2 heterocycles. The second-order valence-electron chi connectivity index (χ2n) is 8.17. The molecule has 3 aromatic carbocycles. The molecule has 10 heteroatoms. The van der Waals surface area contributed by atoms with Crippen LogP contribution in [0, 0.1) is 0 Å². The predicted molar refractivity (Wildman–Crippen MR) is 136 cm³/mol. The van der Waals surface area contributed by atoms with Crippen molar-refractivity contribution in [3.8, 4) is 23.0 Å². The van der Waals surface area contributed by atoms with Crippen LogP contribution in [0.2, 0.25) is 0 Å². The van der Waals surface area contributed by atoms with Crippen molar-refractivity contribution < 1.29 is 27.1 Å². The number of hydrogen-bond donors (Lipinski definition) is 0. The number of carbonyl (C=O) groups excluding carboxylic acids is 1. The van der Waals surface area contributed by atoms with Crippen LogP contribution in [0.25, 0.3) is 17.3 Å². The number of carbonyl (C=O) groups is 1. The summed E-state index contributed by atoms with van der Waals surface area (Å²) in [4.78, 5) is 12.7. The number of benzene rings is 3. The molecule has 6 nitrogen and oxygen atoms in total. The van der Waals surface area contributed by atoms with Gasteiger partial charge in [0.15, 0.2) is 16.7 Å². The fraction of sp³-hybridized carbons (Fsp3) is 0.107. The molecule has 0 spiro atoms. The maximum Gasteiger partial charge on any atom is 0.416 e. The molecule has 38 heavy (non-hydrogen) atoms. The van der Waals surface area contributed by atoms with Gasteiger partial charge in [-0.15, -0.1) is 10.2 Å². The molecular weight excluding hydrogens is 515 g/mol. The highest BCUT2D eigenvalue weighted by Crippen LogP contribution is 2.31. The summed E-state index contributed by atoms with van der Waals surface area (Å²) in [5.41, 5.74) is 1.15. The zero-order chi connectivity index (χ0) is 26.5. The molecule has 0 aliphatic heterocycles. The van der Waals surface area contributed by atoms with Crippen molar-refractivity contribution in [2.75, 3.05) is 5.75 Å². The van der Waals surface area contributed by atoms with Gasteiger partial charge < -0.3 is 9.15 Å². The van der Waals surface area contributed by atoms with Gasteiger partial charge in [-0.3, -0.25) is 9.36 Å². The number of Topliss-reactive ketones (excluding diaryl/α,β-unsaturated/α-hetero) is 1. The highest BCUT2D eigenvalue weighted by Gasteiger charge is 2.30. The molecule has 0 fully saturated rings. The summed E-state index contributed by atoms with van der Waals surface area (Å²) in [7, 11) is 0. The maximum atomic E-state index is 12.8. The molecule has 5 aromatic rings. The normalized spacial score (nSPS) is 11.4. The number of halogens is 3. The number of ether oxygens (including phenoxy) is 1. The smallest absolute Gasteiger partial charge is 0.416 e. The molecule has 0 bridgehead atoms. The van der Waals surface area contributed by atoms with Gasteiger partial charge in [0.25, 0.3) is 0 Å². The SMILES string of the molecule is O=C(CSc1nnc(-c2ccco2)n1-c1ccc(OCc2ccccc2)cc1)c1ccc(C(F)(F)F)cc1. The van der Waals surface area contributed by atoms with Crippen LogP contribution in [0.1, 0.15) is 21.5 Å². The zero-order valence-corrected chi connectivity index (χ0v) is 20.6. The summed E-state index contributed by atoms with van der Waals surface area (Å²) >= 11 is 1.13. The highest BCUT2D eigenvalue weighted by atomic mass is 32.2. The Kier molecular flexibility index (Phi) is 7.32. The largest absolute Gasteiger partial charge is 0.489 e. The Bertz CT molecular complexity index is 1500. The maximum absolute atomic E-state index is 12.8. The fourth-order valence-electron chi connectivity index (χ4n) is 3.65. The van der Waals surface area contributed by atoms with E-state index >= 15 is 0 Å². The van der Waals surface area contributed by atoms with E-state index in [-0.39, 0.29) is 17.1 Å². The van der Waals surface area contributed by atoms with Gasteiger partial charge in [-0.2, -0.15) is 13.2 Å². The van der Waals surface area contributed by atoms with E-state index in [9.17, 15) is 18.0 Å².